The summed E-state index contributed by atoms with van der Waals surface area (Å²) in [5.41, 5.74) is 7.24. The highest BCUT2D eigenvalue weighted by Crippen LogP contribution is 2.34. The first-order chi connectivity index (χ1) is 15.8. The van der Waals surface area contributed by atoms with Gasteiger partial charge in [0.25, 0.3) is 6.47 Å². The van der Waals surface area contributed by atoms with Crippen molar-refractivity contribution in [2.24, 2.45) is 5.73 Å². The predicted molar refractivity (Wildman–Crippen MR) is 121 cm³/mol. The van der Waals surface area contributed by atoms with Crippen molar-refractivity contribution < 1.29 is 33.0 Å². The van der Waals surface area contributed by atoms with E-state index >= 15 is 0 Å². The third-order valence-electron chi connectivity index (χ3n) is 4.59. The molecule has 1 amide bonds. The zero-order valence-electron chi connectivity index (χ0n) is 18.1. The lowest BCUT2D eigenvalue weighted by molar-refractivity contribution is -0.121. The summed E-state index contributed by atoms with van der Waals surface area (Å²) >= 11 is 1.19. The van der Waals surface area contributed by atoms with Crippen LogP contribution >= 0.6 is 11.9 Å². The van der Waals surface area contributed by atoms with Crippen LogP contribution in [0.25, 0.3) is 5.57 Å². The normalized spacial score (nSPS) is 11.5. The van der Waals surface area contributed by atoms with Gasteiger partial charge >= 0.3 is 0 Å². The molecule has 0 spiro atoms. The highest BCUT2D eigenvalue weighted by atomic mass is 32.2. The lowest BCUT2D eigenvalue weighted by atomic mass is 9.96. The van der Waals surface area contributed by atoms with Crippen LogP contribution in [-0.2, 0) is 25.6 Å². The molecule has 2 N–H and O–H groups in total. The van der Waals surface area contributed by atoms with E-state index in [4.69, 9.17) is 10.5 Å². The van der Waals surface area contributed by atoms with Gasteiger partial charge in [0.15, 0.2) is 11.6 Å². The number of nitrogens with zero attached hydrogens (tertiary/aromatic N) is 1. The number of rotatable bonds is 13. The van der Waals surface area contributed by atoms with Crippen LogP contribution in [0.2, 0.25) is 0 Å². The van der Waals surface area contributed by atoms with Gasteiger partial charge in [0.1, 0.15) is 18.3 Å². The number of halogens is 1. The van der Waals surface area contributed by atoms with Crippen molar-refractivity contribution in [2.75, 3.05) is 20.2 Å². The van der Waals surface area contributed by atoms with E-state index < -0.39 is 11.7 Å². The third kappa shape index (κ3) is 7.26. The molecule has 2 aromatic carbocycles. The van der Waals surface area contributed by atoms with E-state index in [2.05, 4.69) is 4.74 Å². The first-order valence-electron chi connectivity index (χ1n) is 9.69. The molecule has 0 unspecified atom stereocenters. The summed E-state index contributed by atoms with van der Waals surface area (Å²) in [4.78, 5) is 45.3. The fraction of sp³-hybridized carbons (Fsp3) is 0.217. The average Bonchev–Trinajstić information content (AvgIpc) is 2.78. The van der Waals surface area contributed by atoms with E-state index in [-0.39, 0.29) is 37.5 Å². The first-order valence-corrected chi connectivity index (χ1v) is 10.5. The van der Waals surface area contributed by atoms with Crippen molar-refractivity contribution in [3.63, 3.8) is 0 Å². The summed E-state index contributed by atoms with van der Waals surface area (Å²) in [6, 6.07) is 9.60. The van der Waals surface area contributed by atoms with Gasteiger partial charge in [-0.15, -0.1) is 0 Å². The lowest BCUT2D eigenvalue weighted by Crippen LogP contribution is -2.30. The number of hydrogen-bond acceptors (Lipinski definition) is 8. The number of nitrogens with two attached hydrogens (primary N) is 1. The van der Waals surface area contributed by atoms with Gasteiger partial charge in [-0.3, -0.25) is 14.4 Å². The quantitative estimate of drug-likeness (QED) is 0.268. The van der Waals surface area contributed by atoms with Crippen LogP contribution in [0.1, 0.15) is 18.1 Å². The number of carbonyl (C=O) groups is 4. The van der Waals surface area contributed by atoms with E-state index in [1.54, 1.807) is 19.1 Å². The summed E-state index contributed by atoms with van der Waals surface area (Å²) < 4.78 is 25.7. The van der Waals surface area contributed by atoms with Gasteiger partial charge in [0, 0.05) is 22.9 Å². The second-order valence-electron chi connectivity index (χ2n) is 6.84. The molecule has 2 aromatic rings. The topological polar surface area (TPSA) is 116 Å². The molecule has 0 saturated carbocycles. The van der Waals surface area contributed by atoms with Crippen molar-refractivity contribution in [3.8, 4) is 11.5 Å². The van der Waals surface area contributed by atoms with Crippen molar-refractivity contribution >= 4 is 42.5 Å². The van der Waals surface area contributed by atoms with Gasteiger partial charge in [-0.2, -0.15) is 0 Å². The molecule has 33 heavy (non-hydrogen) atoms. The van der Waals surface area contributed by atoms with Gasteiger partial charge in [-0.1, -0.05) is 12.1 Å². The highest BCUT2D eigenvalue weighted by Gasteiger charge is 2.16. The molecular weight excluding hydrogens is 451 g/mol. The second-order valence-corrected chi connectivity index (χ2v) is 8.01. The second kappa shape index (κ2) is 12.5. The number of allylic oxidation sites excluding steroid dienone is 2. The third-order valence-corrected chi connectivity index (χ3v) is 5.60. The maximum absolute atomic E-state index is 14.3. The lowest BCUT2D eigenvalue weighted by Gasteiger charge is -2.17. The number of methoxy groups -OCH3 is 1. The highest BCUT2D eigenvalue weighted by molar-refractivity contribution is 7.97. The van der Waals surface area contributed by atoms with Crippen LogP contribution in [0, 0.1) is 5.82 Å². The molecule has 0 saturated heterocycles. The number of amides is 1. The van der Waals surface area contributed by atoms with Crippen LogP contribution in [0.3, 0.4) is 0 Å². The van der Waals surface area contributed by atoms with Gasteiger partial charge in [-0.25, -0.2) is 8.70 Å². The molecule has 0 radical (unpaired) electrons. The zero-order chi connectivity index (χ0) is 24.4. The van der Waals surface area contributed by atoms with E-state index in [0.29, 0.717) is 29.3 Å². The SMILES string of the molecule is COc1cc(OC=O)c(F)cc1/C(C)=C(\C=O)Cc1cccc(SN(CC=O)CC(N)=O)c1. The largest absolute Gasteiger partial charge is 0.496 e. The molecule has 8 nitrogen and oxygen atoms in total. The van der Waals surface area contributed by atoms with Gasteiger partial charge < -0.3 is 20.0 Å². The van der Waals surface area contributed by atoms with Crippen molar-refractivity contribution in [3.05, 3.63) is 58.9 Å². The molecule has 174 valence electrons. The van der Waals surface area contributed by atoms with Crippen LogP contribution in [0.5, 0.6) is 11.5 Å². The minimum absolute atomic E-state index is 0.0194. The molecular formula is C23H23FN2O6S. The number of primary amides is 1. The van der Waals surface area contributed by atoms with Crippen LogP contribution in [0.4, 0.5) is 4.39 Å². The molecule has 0 aliphatic rings. The zero-order valence-corrected chi connectivity index (χ0v) is 18.9. The minimum atomic E-state index is -0.773. The smallest absolute Gasteiger partial charge is 0.298 e. The maximum Gasteiger partial charge on any atom is 0.298 e. The Balaban J connectivity index is 2.35. The molecule has 0 aliphatic heterocycles. The van der Waals surface area contributed by atoms with Gasteiger partial charge in [0.2, 0.25) is 5.91 Å². The standard InChI is InChI=1S/C23H23FN2O6S/c1-15(19-10-20(24)22(32-14-29)11-21(19)31-2)17(13-28)8-16-4-3-5-18(9-16)33-26(6-7-27)12-23(25)30/h3-5,7,9-11,13-14H,6,8,12H2,1-2H3,(H2,25,30)/b17-15-. The number of carbonyl (C=O) groups excluding carboxylic acids is 4. The van der Waals surface area contributed by atoms with Crippen LogP contribution in [-0.4, -0.2) is 49.5 Å². The molecule has 0 aliphatic carbocycles. The summed E-state index contributed by atoms with van der Waals surface area (Å²) in [6.07, 6.45) is 1.60. The Morgan fingerprint density at radius 1 is 1.18 bits per heavy atom. The maximum atomic E-state index is 14.3. The summed E-state index contributed by atoms with van der Waals surface area (Å²) in [5.74, 6) is -1.38. The van der Waals surface area contributed by atoms with E-state index in [9.17, 15) is 23.6 Å². The molecule has 2 rings (SSSR count). The average molecular weight is 475 g/mol. The van der Waals surface area contributed by atoms with Crippen LogP contribution in [0.15, 0.2) is 46.9 Å². The predicted octanol–water partition coefficient (Wildman–Crippen LogP) is 2.58. The van der Waals surface area contributed by atoms with E-state index in [1.165, 1.54) is 29.4 Å². The molecule has 10 heteroatoms. The van der Waals surface area contributed by atoms with E-state index in [1.807, 2.05) is 12.1 Å². The Kier molecular flexibility index (Phi) is 9.77. The summed E-state index contributed by atoms with van der Waals surface area (Å²) in [5, 5.41) is 0. The number of benzene rings is 2. The van der Waals surface area contributed by atoms with Crippen molar-refractivity contribution in [2.45, 2.75) is 18.2 Å². The van der Waals surface area contributed by atoms with Gasteiger partial charge in [0.05, 0.1) is 20.2 Å². The van der Waals surface area contributed by atoms with Crippen molar-refractivity contribution in [1.29, 1.82) is 0 Å². The van der Waals surface area contributed by atoms with Crippen LogP contribution < -0.4 is 15.2 Å². The monoisotopic (exact) mass is 474 g/mol. The Morgan fingerprint density at radius 2 is 1.94 bits per heavy atom. The summed E-state index contributed by atoms with van der Waals surface area (Å²) in [7, 11) is 1.38. The molecule has 0 heterocycles. The fourth-order valence-electron chi connectivity index (χ4n) is 3.05. The first kappa shape index (κ1) is 25.8. The number of ether oxygens (including phenoxy) is 2. The summed E-state index contributed by atoms with van der Waals surface area (Å²) in [6.45, 7) is 1.70. The molecule has 0 atom stereocenters. The molecule has 0 bridgehead atoms. The van der Waals surface area contributed by atoms with Gasteiger partial charge in [-0.05, 0) is 53.8 Å². The Labute approximate surface area is 194 Å². The number of aldehydes is 2. The molecule has 0 aromatic heterocycles. The van der Waals surface area contributed by atoms with E-state index in [0.717, 1.165) is 16.5 Å². The Morgan fingerprint density at radius 3 is 2.55 bits per heavy atom. The van der Waals surface area contributed by atoms with Crippen molar-refractivity contribution in [1.82, 2.24) is 4.31 Å². The number of hydrogen-bond donors (Lipinski definition) is 1. The Hall–Kier alpha value is -3.50. The minimum Gasteiger partial charge on any atom is -0.496 e. The Bertz CT molecular complexity index is 1070. The fourth-order valence-corrected chi connectivity index (χ4v) is 4.02. The molecule has 0 fully saturated rings.